The van der Waals surface area contributed by atoms with Gasteiger partial charge in [0, 0.05) is 52.5 Å². The number of carbonyl (C=O) groups is 1. The van der Waals surface area contributed by atoms with Gasteiger partial charge in [0.1, 0.15) is 0 Å². The fourth-order valence-corrected chi connectivity index (χ4v) is 4.65. The highest BCUT2D eigenvalue weighted by Crippen LogP contribution is 2.29. The first-order chi connectivity index (χ1) is 17.0. The van der Waals surface area contributed by atoms with Crippen molar-refractivity contribution in [2.24, 2.45) is 7.05 Å². The number of carbonyl (C=O) groups excluding carboxylic acids is 1. The number of halogens is 1. The van der Waals surface area contributed by atoms with Gasteiger partial charge in [-0.2, -0.15) is 5.10 Å². The number of aromatic amines is 1. The van der Waals surface area contributed by atoms with Gasteiger partial charge in [-0.25, -0.2) is 0 Å². The van der Waals surface area contributed by atoms with Crippen LogP contribution < -0.4 is 5.32 Å². The summed E-state index contributed by atoms with van der Waals surface area (Å²) in [6.45, 7) is 2.10. The Balaban J connectivity index is 1.43. The zero-order valence-corrected chi connectivity index (χ0v) is 20.5. The van der Waals surface area contributed by atoms with Gasteiger partial charge < -0.3 is 10.3 Å². The van der Waals surface area contributed by atoms with Gasteiger partial charge in [0.15, 0.2) is 5.78 Å². The smallest absolute Gasteiger partial charge is 0.186 e. The third kappa shape index (κ3) is 5.06. The summed E-state index contributed by atoms with van der Waals surface area (Å²) in [7, 11) is 1.90. The van der Waals surface area contributed by atoms with Crippen LogP contribution in [0.25, 0.3) is 22.0 Å². The van der Waals surface area contributed by atoms with Gasteiger partial charge in [-0.05, 0) is 48.2 Å². The predicted octanol–water partition coefficient (Wildman–Crippen LogP) is 6.37. The first kappa shape index (κ1) is 23.1. The Labute approximate surface area is 209 Å². The monoisotopic (exact) mass is 482 g/mol. The quantitative estimate of drug-likeness (QED) is 0.253. The van der Waals surface area contributed by atoms with Crippen molar-refractivity contribution in [3.8, 4) is 11.1 Å². The van der Waals surface area contributed by atoms with Crippen molar-refractivity contribution in [3.05, 3.63) is 113 Å². The van der Waals surface area contributed by atoms with Crippen molar-refractivity contribution < 1.29 is 4.79 Å². The molecule has 0 saturated carbocycles. The molecule has 5 rings (SSSR count). The van der Waals surface area contributed by atoms with Gasteiger partial charge in [0.2, 0.25) is 0 Å². The van der Waals surface area contributed by atoms with Crippen molar-refractivity contribution in [3.63, 3.8) is 0 Å². The highest BCUT2D eigenvalue weighted by atomic mass is 35.5. The van der Waals surface area contributed by atoms with Crippen molar-refractivity contribution in [2.75, 3.05) is 0 Å². The Hall–Kier alpha value is -3.67. The molecule has 2 heterocycles. The minimum atomic E-state index is -0.462. The van der Waals surface area contributed by atoms with E-state index in [1.807, 2.05) is 92.4 Å². The number of nitrogens with one attached hydrogen (secondary N) is 2. The first-order valence-corrected chi connectivity index (χ1v) is 12.1. The van der Waals surface area contributed by atoms with Gasteiger partial charge in [-0.3, -0.25) is 9.48 Å². The number of H-pyrrole nitrogens is 1. The molecule has 0 amide bonds. The number of aromatic nitrogens is 3. The lowest BCUT2D eigenvalue weighted by molar-refractivity contribution is 0.0938. The Morgan fingerprint density at radius 2 is 1.83 bits per heavy atom. The summed E-state index contributed by atoms with van der Waals surface area (Å²) < 4.78 is 1.78. The topological polar surface area (TPSA) is 62.7 Å². The fraction of sp³-hybridized carbons (Fsp3) is 0.172. The van der Waals surface area contributed by atoms with E-state index < -0.39 is 6.04 Å². The Kier molecular flexibility index (Phi) is 6.53. The van der Waals surface area contributed by atoms with Crippen molar-refractivity contribution in [1.29, 1.82) is 0 Å². The molecule has 2 N–H and O–H groups in total. The van der Waals surface area contributed by atoms with Gasteiger partial charge >= 0.3 is 0 Å². The average molecular weight is 483 g/mol. The van der Waals surface area contributed by atoms with Gasteiger partial charge in [-0.15, -0.1) is 0 Å². The number of hydrogen-bond donors (Lipinski definition) is 2. The number of hydrogen-bond acceptors (Lipinski definition) is 3. The lowest BCUT2D eigenvalue weighted by Gasteiger charge is -2.23. The zero-order valence-electron chi connectivity index (χ0n) is 19.7. The second-order valence-electron chi connectivity index (χ2n) is 8.97. The van der Waals surface area contributed by atoms with Crippen molar-refractivity contribution in [2.45, 2.75) is 25.4 Å². The number of nitrogens with zero attached hydrogens (tertiary/aromatic N) is 2. The van der Waals surface area contributed by atoms with Crippen LogP contribution in [0, 0.1) is 0 Å². The number of ketones is 1. The molecule has 0 fully saturated rings. The van der Waals surface area contributed by atoms with Gasteiger partial charge in [0.25, 0.3) is 0 Å². The van der Waals surface area contributed by atoms with E-state index in [0.29, 0.717) is 5.56 Å². The molecule has 0 bridgehead atoms. The highest BCUT2D eigenvalue weighted by molar-refractivity contribution is 6.30. The van der Waals surface area contributed by atoms with Crippen LogP contribution in [0.5, 0.6) is 0 Å². The summed E-state index contributed by atoms with van der Waals surface area (Å²) in [4.78, 5) is 17.2. The van der Waals surface area contributed by atoms with E-state index in [4.69, 9.17) is 11.6 Å². The summed E-state index contributed by atoms with van der Waals surface area (Å²) >= 11 is 6.04. The molecule has 6 heteroatoms. The average Bonchev–Trinajstić information content (AvgIpc) is 3.50. The molecule has 0 unspecified atom stereocenters. The molecule has 0 aliphatic rings. The molecule has 0 aliphatic heterocycles. The molecular formula is C29H27ClN4O. The van der Waals surface area contributed by atoms with Crippen LogP contribution in [0.3, 0.4) is 0 Å². The maximum Gasteiger partial charge on any atom is 0.186 e. The molecule has 0 aliphatic carbocycles. The highest BCUT2D eigenvalue weighted by Gasteiger charge is 2.26. The SMILES string of the molecule is C[C@@H](Cc1ccc(Cl)cc1)N[C@@H](C(=O)c1c[nH]c2cc(-c3cnn(C)c3)ccc12)c1ccccc1. The van der Waals surface area contributed by atoms with E-state index in [1.54, 1.807) is 4.68 Å². The van der Waals surface area contributed by atoms with Gasteiger partial charge in [0.05, 0.1) is 12.2 Å². The summed E-state index contributed by atoms with van der Waals surface area (Å²) in [5.74, 6) is 0.0412. The minimum absolute atomic E-state index is 0.0412. The molecule has 5 nitrogen and oxygen atoms in total. The van der Waals surface area contributed by atoms with E-state index in [1.165, 1.54) is 5.56 Å². The standard InChI is InChI=1S/C29H27ClN4O/c1-19(14-20-8-11-24(30)12-9-20)33-28(21-6-4-3-5-7-21)29(35)26-17-31-27-15-22(10-13-25(26)27)23-16-32-34(2)18-23/h3-13,15-19,28,31,33H,14H2,1-2H3/t19-,28+/m0/s1. The lowest BCUT2D eigenvalue weighted by Crippen LogP contribution is -2.36. The van der Waals surface area contributed by atoms with E-state index in [-0.39, 0.29) is 11.8 Å². The van der Waals surface area contributed by atoms with Crippen LogP contribution >= 0.6 is 11.6 Å². The lowest BCUT2D eigenvalue weighted by atomic mass is 9.95. The molecule has 35 heavy (non-hydrogen) atoms. The van der Waals surface area contributed by atoms with Crippen molar-refractivity contribution in [1.82, 2.24) is 20.1 Å². The van der Waals surface area contributed by atoms with E-state index in [0.717, 1.165) is 39.0 Å². The normalized spacial score (nSPS) is 13.1. The third-order valence-corrected chi connectivity index (χ3v) is 6.54. The molecule has 5 aromatic rings. The molecule has 0 radical (unpaired) electrons. The molecule has 176 valence electrons. The van der Waals surface area contributed by atoms with Crippen molar-refractivity contribution >= 4 is 28.3 Å². The number of rotatable bonds is 8. The van der Waals surface area contributed by atoms with Crippen LogP contribution in [-0.2, 0) is 13.5 Å². The number of benzene rings is 3. The van der Waals surface area contributed by atoms with Crippen LogP contribution in [0.2, 0.25) is 5.02 Å². The summed E-state index contributed by atoms with van der Waals surface area (Å²) in [6.07, 6.45) is 6.43. The minimum Gasteiger partial charge on any atom is -0.360 e. The molecule has 3 aromatic carbocycles. The Morgan fingerprint density at radius 1 is 1.06 bits per heavy atom. The first-order valence-electron chi connectivity index (χ1n) is 11.7. The summed E-state index contributed by atoms with van der Waals surface area (Å²) in [6, 6.07) is 23.5. The van der Waals surface area contributed by atoms with Crippen LogP contribution in [-0.4, -0.2) is 26.6 Å². The van der Waals surface area contributed by atoms with Crippen LogP contribution in [0.1, 0.15) is 34.5 Å². The molecule has 2 atom stereocenters. The second-order valence-corrected chi connectivity index (χ2v) is 9.41. The van der Waals surface area contributed by atoms with E-state index in [2.05, 4.69) is 28.4 Å². The van der Waals surface area contributed by atoms with E-state index in [9.17, 15) is 4.79 Å². The summed E-state index contributed by atoms with van der Waals surface area (Å²) in [5, 5.41) is 9.48. The summed E-state index contributed by atoms with van der Waals surface area (Å²) in [5.41, 5.74) is 5.82. The van der Waals surface area contributed by atoms with Crippen LogP contribution in [0.4, 0.5) is 0 Å². The Morgan fingerprint density at radius 3 is 2.54 bits per heavy atom. The largest absolute Gasteiger partial charge is 0.360 e. The molecule has 0 saturated heterocycles. The molecule has 2 aromatic heterocycles. The predicted molar refractivity (Wildman–Crippen MR) is 142 cm³/mol. The fourth-order valence-electron chi connectivity index (χ4n) is 4.52. The Bertz CT molecular complexity index is 1450. The second kappa shape index (κ2) is 9.90. The van der Waals surface area contributed by atoms with Crippen LogP contribution in [0.15, 0.2) is 91.4 Å². The third-order valence-electron chi connectivity index (χ3n) is 6.29. The number of fused-ring (bicyclic) bond motifs is 1. The van der Waals surface area contributed by atoms with E-state index >= 15 is 0 Å². The number of Topliss-reactive ketones (excluding diaryl/α,β-unsaturated/α-hetero) is 1. The molecular weight excluding hydrogens is 456 g/mol. The maximum atomic E-state index is 13.9. The maximum absolute atomic E-state index is 13.9. The zero-order chi connectivity index (χ0) is 24.4. The van der Waals surface area contributed by atoms with Gasteiger partial charge in [-0.1, -0.05) is 66.2 Å². The molecule has 0 spiro atoms. The number of aryl methyl sites for hydroxylation is 1.